The molecule has 2 N–H and O–H groups in total. The lowest BCUT2D eigenvalue weighted by molar-refractivity contribution is 0.0970. The summed E-state index contributed by atoms with van der Waals surface area (Å²) >= 11 is 1.94. The van der Waals surface area contributed by atoms with E-state index in [1.165, 1.54) is 22.7 Å². The maximum Gasteiger partial charge on any atom is 0.0595 e. The van der Waals surface area contributed by atoms with Gasteiger partial charge in [0, 0.05) is 21.8 Å². The van der Waals surface area contributed by atoms with Crippen molar-refractivity contribution in [2.75, 3.05) is 6.54 Å². The van der Waals surface area contributed by atoms with Crippen LogP contribution in [0.3, 0.4) is 0 Å². The second-order valence-corrected chi connectivity index (χ2v) is 6.44. The minimum atomic E-state index is 0.300. The third-order valence-corrected chi connectivity index (χ3v) is 5.00. The van der Waals surface area contributed by atoms with Crippen LogP contribution in [0.15, 0.2) is 12.1 Å². The van der Waals surface area contributed by atoms with Crippen LogP contribution in [0.5, 0.6) is 0 Å². The van der Waals surface area contributed by atoms with E-state index >= 15 is 0 Å². The van der Waals surface area contributed by atoms with Crippen LogP contribution in [0.25, 0.3) is 0 Å². The summed E-state index contributed by atoms with van der Waals surface area (Å²) < 4.78 is 0. The minimum absolute atomic E-state index is 0.300. The summed E-state index contributed by atoms with van der Waals surface area (Å²) in [5.74, 6) is 0. The normalized spacial score (nSPS) is 26.6. The molecule has 1 aliphatic rings. The molecule has 0 spiro atoms. The molecule has 1 fully saturated rings. The van der Waals surface area contributed by atoms with Gasteiger partial charge < -0.3 is 5.73 Å². The highest BCUT2D eigenvalue weighted by molar-refractivity contribution is 7.12. The van der Waals surface area contributed by atoms with Crippen molar-refractivity contribution in [2.24, 2.45) is 5.73 Å². The van der Waals surface area contributed by atoms with E-state index in [2.05, 4.69) is 37.8 Å². The molecule has 1 aromatic heterocycles. The third-order valence-electron chi connectivity index (χ3n) is 3.70. The highest BCUT2D eigenvalue weighted by atomic mass is 32.1. The lowest BCUT2D eigenvalue weighted by Gasteiger charge is -2.41. The quantitative estimate of drug-likeness (QED) is 0.895. The Balaban J connectivity index is 2.24. The van der Waals surface area contributed by atoms with E-state index < -0.39 is 0 Å². The maximum atomic E-state index is 6.35. The zero-order valence-electron chi connectivity index (χ0n) is 11.1. The van der Waals surface area contributed by atoms with Crippen LogP contribution < -0.4 is 5.73 Å². The first-order chi connectivity index (χ1) is 8.13. The smallest absolute Gasteiger partial charge is 0.0595 e. The zero-order valence-corrected chi connectivity index (χ0v) is 12.0. The summed E-state index contributed by atoms with van der Waals surface area (Å²) in [6.45, 7) is 7.96. The van der Waals surface area contributed by atoms with Gasteiger partial charge in [0.05, 0.1) is 6.04 Å². The molecule has 2 nitrogen and oxygen atoms in total. The van der Waals surface area contributed by atoms with Crippen LogP contribution in [0.4, 0.5) is 0 Å². The van der Waals surface area contributed by atoms with Crippen molar-refractivity contribution < 1.29 is 0 Å². The van der Waals surface area contributed by atoms with E-state index in [1.807, 2.05) is 11.3 Å². The molecule has 1 saturated heterocycles. The zero-order chi connectivity index (χ0) is 12.4. The van der Waals surface area contributed by atoms with E-state index in [0.717, 1.165) is 12.8 Å². The predicted octanol–water partition coefficient (Wildman–Crippen LogP) is 3.18. The van der Waals surface area contributed by atoms with Crippen molar-refractivity contribution in [3.05, 3.63) is 21.9 Å². The van der Waals surface area contributed by atoms with Crippen molar-refractivity contribution in [3.8, 4) is 0 Å². The molecule has 17 heavy (non-hydrogen) atoms. The van der Waals surface area contributed by atoms with Gasteiger partial charge in [0.15, 0.2) is 0 Å². The SMILES string of the molecule is CCc1ccc(C2C(N)CCCN2C(C)C)s1. The van der Waals surface area contributed by atoms with E-state index in [1.54, 1.807) is 0 Å². The van der Waals surface area contributed by atoms with Gasteiger partial charge in [-0.05, 0) is 51.8 Å². The van der Waals surface area contributed by atoms with Crippen molar-refractivity contribution in [1.82, 2.24) is 4.90 Å². The molecule has 3 heteroatoms. The number of nitrogens with two attached hydrogens (primary N) is 1. The fourth-order valence-electron chi connectivity index (χ4n) is 2.75. The molecule has 0 amide bonds. The van der Waals surface area contributed by atoms with Gasteiger partial charge in [0.1, 0.15) is 0 Å². The van der Waals surface area contributed by atoms with Gasteiger partial charge in [0.2, 0.25) is 0 Å². The molecular weight excluding hydrogens is 228 g/mol. The summed E-state index contributed by atoms with van der Waals surface area (Å²) in [5, 5.41) is 0. The summed E-state index contributed by atoms with van der Waals surface area (Å²) in [6, 6.07) is 5.87. The van der Waals surface area contributed by atoms with Crippen LogP contribution in [0.2, 0.25) is 0 Å². The lowest BCUT2D eigenvalue weighted by Crippen LogP contribution is -2.48. The topological polar surface area (TPSA) is 29.3 Å². The van der Waals surface area contributed by atoms with Crippen molar-refractivity contribution >= 4 is 11.3 Å². The first-order valence-corrected chi connectivity index (χ1v) is 7.55. The Morgan fingerprint density at radius 3 is 2.82 bits per heavy atom. The molecule has 2 atom stereocenters. The number of rotatable bonds is 3. The molecule has 96 valence electrons. The Morgan fingerprint density at radius 1 is 1.47 bits per heavy atom. The van der Waals surface area contributed by atoms with Crippen LogP contribution in [-0.2, 0) is 6.42 Å². The highest BCUT2D eigenvalue weighted by Crippen LogP contribution is 2.35. The number of hydrogen-bond acceptors (Lipinski definition) is 3. The first kappa shape index (κ1) is 13.1. The average molecular weight is 252 g/mol. The average Bonchev–Trinajstić information content (AvgIpc) is 2.76. The molecule has 2 rings (SSSR count). The molecule has 2 heterocycles. The largest absolute Gasteiger partial charge is 0.326 e. The van der Waals surface area contributed by atoms with Gasteiger partial charge in [-0.3, -0.25) is 4.90 Å². The fourth-order valence-corrected chi connectivity index (χ4v) is 3.90. The molecule has 0 aliphatic carbocycles. The highest BCUT2D eigenvalue weighted by Gasteiger charge is 2.32. The first-order valence-electron chi connectivity index (χ1n) is 6.73. The number of likely N-dealkylation sites (tertiary alicyclic amines) is 1. The molecule has 1 aromatic rings. The Morgan fingerprint density at radius 2 is 2.24 bits per heavy atom. The summed E-state index contributed by atoms with van der Waals surface area (Å²) in [5.41, 5.74) is 6.35. The Kier molecular flexibility index (Phi) is 4.23. The molecule has 0 saturated carbocycles. The lowest BCUT2D eigenvalue weighted by atomic mass is 9.94. The Bertz CT molecular complexity index is 359. The molecular formula is C14H24N2S. The van der Waals surface area contributed by atoms with Crippen molar-refractivity contribution in [3.63, 3.8) is 0 Å². The van der Waals surface area contributed by atoms with Gasteiger partial charge in [-0.15, -0.1) is 11.3 Å². The summed E-state index contributed by atoms with van der Waals surface area (Å²) in [6.07, 6.45) is 3.53. The van der Waals surface area contributed by atoms with E-state index in [4.69, 9.17) is 5.73 Å². The summed E-state index contributed by atoms with van der Waals surface area (Å²) in [4.78, 5) is 5.50. The van der Waals surface area contributed by atoms with Crippen molar-refractivity contribution in [2.45, 2.75) is 58.2 Å². The number of thiophene rings is 1. The van der Waals surface area contributed by atoms with Gasteiger partial charge in [-0.1, -0.05) is 6.92 Å². The monoisotopic (exact) mass is 252 g/mol. The number of nitrogens with zero attached hydrogens (tertiary/aromatic N) is 1. The maximum absolute atomic E-state index is 6.35. The second-order valence-electron chi connectivity index (χ2n) is 5.24. The number of aryl methyl sites for hydroxylation is 1. The number of hydrogen-bond donors (Lipinski definition) is 1. The van der Waals surface area contributed by atoms with E-state index in [0.29, 0.717) is 18.1 Å². The van der Waals surface area contributed by atoms with E-state index in [-0.39, 0.29) is 0 Å². The number of piperidine rings is 1. The minimum Gasteiger partial charge on any atom is -0.326 e. The molecule has 0 aromatic carbocycles. The van der Waals surface area contributed by atoms with Gasteiger partial charge in [-0.2, -0.15) is 0 Å². The van der Waals surface area contributed by atoms with Gasteiger partial charge in [0.25, 0.3) is 0 Å². The van der Waals surface area contributed by atoms with Crippen molar-refractivity contribution in [1.29, 1.82) is 0 Å². The van der Waals surface area contributed by atoms with E-state index in [9.17, 15) is 0 Å². The fraction of sp³-hybridized carbons (Fsp3) is 0.714. The van der Waals surface area contributed by atoms with Crippen LogP contribution in [0, 0.1) is 0 Å². The molecule has 0 bridgehead atoms. The molecule has 2 unspecified atom stereocenters. The van der Waals surface area contributed by atoms with Crippen LogP contribution in [-0.4, -0.2) is 23.5 Å². The standard InChI is InChI=1S/C14H24N2S/c1-4-11-7-8-13(17-11)14-12(15)6-5-9-16(14)10(2)3/h7-8,10,12,14H,4-6,9,15H2,1-3H3. The van der Waals surface area contributed by atoms with Gasteiger partial charge >= 0.3 is 0 Å². The second kappa shape index (κ2) is 5.51. The van der Waals surface area contributed by atoms with Crippen LogP contribution in [0.1, 0.15) is 49.4 Å². The molecule has 1 aliphatic heterocycles. The predicted molar refractivity (Wildman–Crippen MR) is 75.5 cm³/mol. The molecule has 0 radical (unpaired) electrons. The summed E-state index contributed by atoms with van der Waals surface area (Å²) in [7, 11) is 0. The van der Waals surface area contributed by atoms with Crippen LogP contribution >= 0.6 is 11.3 Å². The Labute approximate surface area is 109 Å². The Hall–Kier alpha value is -0.380. The third kappa shape index (κ3) is 2.72. The van der Waals surface area contributed by atoms with Gasteiger partial charge in [-0.25, -0.2) is 0 Å².